The number of ether oxygens (including phenoxy) is 1. The molecule has 0 bridgehead atoms. The van der Waals surface area contributed by atoms with Gasteiger partial charge in [-0.25, -0.2) is 0 Å². The van der Waals surface area contributed by atoms with Crippen molar-refractivity contribution < 1.29 is 4.74 Å². The van der Waals surface area contributed by atoms with E-state index in [-0.39, 0.29) is 5.60 Å². The molecule has 0 aromatic carbocycles. The third-order valence-corrected chi connectivity index (χ3v) is 5.33. The number of methoxy groups -OCH3 is 1. The van der Waals surface area contributed by atoms with Crippen LogP contribution in [-0.2, 0) is 4.74 Å². The van der Waals surface area contributed by atoms with E-state index in [0.717, 1.165) is 32.0 Å². The topological polar surface area (TPSA) is 24.5 Å². The van der Waals surface area contributed by atoms with Crippen molar-refractivity contribution in [1.82, 2.24) is 10.2 Å². The first-order valence-corrected chi connectivity index (χ1v) is 8.63. The second-order valence-corrected chi connectivity index (χ2v) is 8.49. The lowest BCUT2D eigenvalue weighted by Gasteiger charge is -2.48. The molecule has 1 N–H and O–H groups in total. The highest BCUT2D eigenvalue weighted by Gasteiger charge is 2.37. The summed E-state index contributed by atoms with van der Waals surface area (Å²) in [4.78, 5) is 2.70. The average Bonchev–Trinajstić information content (AvgIpc) is 2.43. The van der Waals surface area contributed by atoms with Gasteiger partial charge >= 0.3 is 0 Å². The molecule has 0 aromatic heterocycles. The fourth-order valence-electron chi connectivity index (χ4n) is 3.12. The summed E-state index contributed by atoms with van der Waals surface area (Å²) < 4.78 is 5.60. The summed E-state index contributed by atoms with van der Waals surface area (Å²) >= 11 is 0. The Hall–Kier alpha value is -0.120. The van der Waals surface area contributed by atoms with Crippen molar-refractivity contribution in [3.63, 3.8) is 0 Å². The van der Waals surface area contributed by atoms with Gasteiger partial charge in [0, 0.05) is 38.8 Å². The van der Waals surface area contributed by atoms with Gasteiger partial charge in [-0.2, -0.15) is 0 Å². The molecule has 0 aliphatic carbocycles. The molecule has 3 nitrogen and oxygen atoms in total. The summed E-state index contributed by atoms with van der Waals surface area (Å²) in [6, 6.07) is 1.23. The second-order valence-electron chi connectivity index (χ2n) is 8.49. The molecular formula is C18H38N2O. The Morgan fingerprint density at radius 3 is 2.33 bits per heavy atom. The first-order valence-electron chi connectivity index (χ1n) is 8.63. The summed E-state index contributed by atoms with van der Waals surface area (Å²) in [7, 11) is 1.82. The third-order valence-electron chi connectivity index (χ3n) is 5.33. The number of hydrogen-bond donors (Lipinski definition) is 1. The monoisotopic (exact) mass is 298 g/mol. The summed E-state index contributed by atoms with van der Waals surface area (Å²) in [6.07, 6.45) is 2.33. The SMILES string of the molecule is CCC(C)C1CN(CCC(C)(C)OC)C(C(C)(C)C)CN1. The second kappa shape index (κ2) is 7.43. The Morgan fingerprint density at radius 1 is 1.24 bits per heavy atom. The van der Waals surface area contributed by atoms with Crippen LogP contribution < -0.4 is 5.32 Å². The van der Waals surface area contributed by atoms with Gasteiger partial charge < -0.3 is 10.1 Å². The van der Waals surface area contributed by atoms with Gasteiger partial charge in [0.1, 0.15) is 0 Å². The molecule has 1 saturated heterocycles. The van der Waals surface area contributed by atoms with Crippen molar-refractivity contribution in [3.05, 3.63) is 0 Å². The fourth-order valence-corrected chi connectivity index (χ4v) is 3.12. The molecule has 1 fully saturated rings. The maximum Gasteiger partial charge on any atom is 0.0634 e. The van der Waals surface area contributed by atoms with E-state index in [1.165, 1.54) is 6.42 Å². The van der Waals surface area contributed by atoms with Crippen LogP contribution in [0, 0.1) is 11.3 Å². The van der Waals surface area contributed by atoms with Crippen molar-refractivity contribution in [1.29, 1.82) is 0 Å². The minimum absolute atomic E-state index is 0.0286. The summed E-state index contributed by atoms with van der Waals surface area (Å²) in [5, 5.41) is 3.79. The molecule has 1 heterocycles. The van der Waals surface area contributed by atoms with Crippen LogP contribution in [-0.4, -0.2) is 49.3 Å². The molecule has 0 saturated carbocycles. The molecule has 0 spiro atoms. The van der Waals surface area contributed by atoms with Gasteiger partial charge in [0.15, 0.2) is 0 Å². The summed E-state index contributed by atoms with van der Waals surface area (Å²) in [5.41, 5.74) is 0.282. The van der Waals surface area contributed by atoms with Crippen molar-refractivity contribution in [2.24, 2.45) is 11.3 Å². The van der Waals surface area contributed by atoms with E-state index in [4.69, 9.17) is 4.74 Å². The number of nitrogens with zero attached hydrogens (tertiary/aromatic N) is 1. The van der Waals surface area contributed by atoms with E-state index in [0.29, 0.717) is 17.5 Å². The highest BCUT2D eigenvalue weighted by molar-refractivity contribution is 4.94. The number of nitrogens with one attached hydrogen (secondary N) is 1. The van der Waals surface area contributed by atoms with Crippen LogP contribution >= 0.6 is 0 Å². The molecule has 3 atom stereocenters. The molecule has 21 heavy (non-hydrogen) atoms. The van der Waals surface area contributed by atoms with Gasteiger partial charge in [0.25, 0.3) is 0 Å². The number of rotatable bonds is 6. The van der Waals surface area contributed by atoms with Crippen molar-refractivity contribution in [2.45, 2.75) is 79.0 Å². The van der Waals surface area contributed by atoms with E-state index >= 15 is 0 Å². The maximum absolute atomic E-state index is 5.60. The smallest absolute Gasteiger partial charge is 0.0634 e. The molecule has 1 aliphatic rings. The standard InChI is InChI=1S/C18H38N2O/c1-9-14(2)15-13-20(11-10-18(6,7)21-8)16(12-19-15)17(3,4)5/h14-16,19H,9-13H2,1-8H3. The van der Waals surface area contributed by atoms with Crippen LogP contribution in [0.5, 0.6) is 0 Å². The Morgan fingerprint density at radius 2 is 1.86 bits per heavy atom. The zero-order valence-corrected chi connectivity index (χ0v) is 15.6. The summed E-state index contributed by atoms with van der Waals surface area (Å²) in [5.74, 6) is 0.740. The Balaban J connectivity index is 2.74. The Kier molecular flexibility index (Phi) is 6.70. The molecule has 0 aromatic rings. The van der Waals surface area contributed by atoms with Crippen LogP contribution in [0.25, 0.3) is 0 Å². The number of piperazine rings is 1. The van der Waals surface area contributed by atoms with Crippen molar-refractivity contribution >= 4 is 0 Å². The third kappa shape index (κ3) is 5.54. The van der Waals surface area contributed by atoms with E-state index < -0.39 is 0 Å². The zero-order chi connectivity index (χ0) is 16.3. The normalized spacial score (nSPS) is 26.9. The van der Waals surface area contributed by atoms with Crippen LogP contribution in [0.3, 0.4) is 0 Å². The Bertz CT molecular complexity index is 309. The minimum Gasteiger partial charge on any atom is -0.379 e. The molecule has 3 unspecified atom stereocenters. The van der Waals surface area contributed by atoms with Crippen LogP contribution in [0.4, 0.5) is 0 Å². The predicted molar refractivity (Wildman–Crippen MR) is 91.8 cm³/mol. The van der Waals surface area contributed by atoms with E-state index in [2.05, 4.69) is 58.7 Å². The molecule has 1 rings (SSSR count). The summed E-state index contributed by atoms with van der Waals surface area (Å²) in [6.45, 7) is 19.5. The lowest BCUT2D eigenvalue weighted by Crippen LogP contribution is -2.62. The maximum atomic E-state index is 5.60. The molecule has 0 amide bonds. The number of hydrogen-bond acceptors (Lipinski definition) is 3. The van der Waals surface area contributed by atoms with Crippen molar-refractivity contribution in [3.8, 4) is 0 Å². The highest BCUT2D eigenvalue weighted by atomic mass is 16.5. The van der Waals surface area contributed by atoms with Crippen molar-refractivity contribution in [2.75, 3.05) is 26.7 Å². The van der Waals surface area contributed by atoms with Gasteiger partial charge in [-0.05, 0) is 31.6 Å². The first kappa shape index (κ1) is 18.9. The van der Waals surface area contributed by atoms with Crippen LogP contribution in [0.15, 0.2) is 0 Å². The predicted octanol–water partition coefficient (Wildman–Crippen LogP) is 3.54. The fraction of sp³-hybridized carbons (Fsp3) is 1.00. The first-order chi connectivity index (χ1) is 9.60. The molecular weight excluding hydrogens is 260 g/mol. The van der Waals surface area contributed by atoms with Gasteiger partial charge in [-0.3, -0.25) is 4.90 Å². The quantitative estimate of drug-likeness (QED) is 0.812. The van der Waals surface area contributed by atoms with E-state index in [9.17, 15) is 0 Å². The van der Waals surface area contributed by atoms with E-state index in [1.807, 2.05) is 7.11 Å². The van der Waals surface area contributed by atoms with Gasteiger partial charge in [-0.15, -0.1) is 0 Å². The molecule has 0 radical (unpaired) electrons. The van der Waals surface area contributed by atoms with Crippen LogP contribution in [0.2, 0.25) is 0 Å². The van der Waals surface area contributed by atoms with Gasteiger partial charge in [-0.1, -0.05) is 41.0 Å². The lowest BCUT2D eigenvalue weighted by atomic mass is 9.82. The molecule has 126 valence electrons. The largest absolute Gasteiger partial charge is 0.379 e. The van der Waals surface area contributed by atoms with E-state index in [1.54, 1.807) is 0 Å². The Labute approximate surface area is 132 Å². The molecule has 1 aliphatic heterocycles. The van der Waals surface area contributed by atoms with Gasteiger partial charge in [0.05, 0.1) is 5.60 Å². The lowest BCUT2D eigenvalue weighted by molar-refractivity contribution is -0.0140. The molecule has 3 heteroatoms. The minimum atomic E-state index is -0.0286. The van der Waals surface area contributed by atoms with Crippen LogP contribution in [0.1, 0.15) is 61.3 Å². The van der Waals surface area contributed by atoms with Gasteiger partial charge in [0.2, 0.25) is 0 Å². The highest BCUT2D eigenvalue weighted by Crippen LogP contribution is 2.29. The zero-order valence-electron chi connectivity index (χ0n) is 15.6. The average molecular weight is 299 g/mol.